The van der Waals surface area contributed by atoms with Crippen LogP contribution in [0, 0.1) is 0 Å². The van der Waals surface area contributed by atoms with Crippen LogP contribution >= 0.6 is 12.2 Å². The molecule has 0 aliphatic heterocycles. The zero-order valence-corrected chi connectivity index (χ0v) is 9.52. The molecule has 2 N–H and O–H groups in total. The third-order valence-electron chi connectivity index (χ3n) is 2.72. The van der Waals surface area contributed by atoms with E-state index in [4.69, 9.17) is 12.2 Å². The predicted octanol–water partition coefficient (Wildman–Crippen LogP) is 2.92. The number of para-hydroxylation sites is 1. The van der Waals surface area contributed by atoms with Crippen LogP contribution in [0.15, 0.2) is 30.3 Å². The summed E-state index contributed by atoms with van der Waals surface area (Å²) in [6.07, 6.45) is 5.14. The molecule has 0 aromatic heterocycles. The van der Waals surface area contributed by atoms with Gasteiger partial charge in [-0.25, -0.2) is 0 Å². The Morgan fingerprint density at radius 3 is 2.47 bits per heavy atom. The van der Waals surface area contributed by atoms with Gasteiger partial charge in [-0.15, -0.1) is 0 Å². The normalized spacial score (nSPS) is 16.3. The summed E-state index contributed by atoms with van der Waals surface area (Å²) in [5.41, 5.74) is 1.05. The Hall–Kier alpha value is -1.09. The molecule has 15 heavy (non-hydrogen) atoms. The Balaban J connectivity index is 1.82. The second kappa shape index (κ2) is 5.12. The number of hydrogen-bond acceptors (Lipinski definition) is 1. The Morgan fingerprint density at radius 2 is 1.80 bits per heavy atom. The molecular formula is C12H16N2S. The number of benzene rings is 1. The van der Waals surface area contributed by atoms with E-state index in [1.54, 1.807) is 0 Å². The first-order valence-electron chi connectivity index (χ1n) is 5.47. The van der Waals surface area contributed by atoms with E-state index < -0.39 is 0 Å². The molecule has 1 aromatic rings. The van der Waals surface area contributed by atoms with Crippen LogP contribution in [0.1, 0.15) is 25.7 Å². The van der Waals surface area contributed by atoms with E-state index in [0.717, 1.165) is 10.8 Å². The van der Waals surface area contributed by atoms with Gasteiger partial charge in [-0.1, -0.05) is 31.0 Å². The number of thiocarbonyl (C=S) groups is 1. The van der Waals surface area contributed by atoms with Crippen molar-refractivity contribution in [3.05, 3.63) is 30.3 Å². The summed E-state index contributed by atoms with van der Waals surface area (Å²) in [5.74, 6) is 0. The quantitative estimate of drug-likeness (QED) is 0.749. The van der Waals surface area contributed by atoms with Gasteiger partial charge in [-0.05, 0) is 37.2 Å². The van der Waals surface area contributed by atoms with E-state index in [-0.39, 0.29) is 0 Å². The largest absolute Gasteiger partial charge is 0.360 e. The van der Waals surface area contributed by atoms with Crippen LogP contribution in [0.2, 0.25) is 0 Å². The zero-order valence-electron chi connectivity index (χ0n) is 8.70. The van der Waals surface area contributed by atoms with E-state index in [0.29, 0.717) is 6.04 Å². The molecule has 0 atom stereocenters. The third-order valence-corrected chi connectivity index (χ3v) is 2.94. The first-order chi connectivity index (χ1) is 7.34. The molecule has 1 aromatic carbocycles. The van der Waals surface area contributed by atoms with Gasteiger partial charge in [0.1, 0.15) is 0 Å². The maximum atomic E-state index is 5.25. The van der Waals surface area contributed by atoms with Crippen molar-refractivity contribution in [2.45, 2.75) is 31.7 Å². The lowest BCUT2D eigenvalue weighted by molar-refractivity contribution is 0.634. The van der Waals surface area contributed by atoms with Gasteiger partial charge in [0.25, 0.3) is 0 Å². The molecule has 2 rings (SSSR count). The molecule has 0 saturated heterocycles. The summed E-state index contributed by atoms with van der Waals surface area (Å²) in [4.78, 5) is 0. The van der Waals surface area contributed by atoms with Crippen LogP contribution in [0.3, 0.4) is 0 Å². The van der Waals surface area contributed by atoms with Crippen LogP contribution in [0.4, 0.5) is 5.69 Å². The summed E-state index contributed by atoms with van der Waals surface area (Å²) in [7, 11) is 0. The third kappa shape index (κ3) is 3.20. The Morgan fingerprint density at radius 1 is 1.13 bits per heavy atom. The van der Waals surface area contributed by atoms with Crippen molar-refractivity contribution < 1.29 is 0 Å². The van der Waals surface area contributed by atoms with Gasteiger partial charge >= 0.3 is 0 Å². The fraction of sp³-hybridized carbons (Fsp3) is 0.417. The van der Waals surface area contributed by atoms with Gasteiger partial charge in [-0.2, -0.15) is 0 Å². The van der Waals surface area contributed by atoms with Crippen LogP contribution < -0.4 is 10.6 Å². The van der Waals surface area contributed by atoms with Crippen LogP contribution in [0.25, 0.3) is 0 Å². The fourth-order valence-corrected chi connectivity index (χ4v) is 2.23. The molecule has 2 nitrogen and oxygen atoms in total. The van der Waals surface area contributed by atoms with Gasteiger partial charge in [0.05, 0.1) is 0 Å². The second-order valence-corrected chi connectivity index (χ2v) is 4.35. The van der Waals surface area contributed by atoms with Crippen molar-refractivity contribution in [3.63, 3.8) is 0 Å². The van der Waals surface area contributed by atoms with Gasteiger partial charge in [-0.3, -0.25) is 0 Å². The molecule has 1 saturated carbocycles. The van der Waals surface area contributed by atoms with Gasteiger partial charge in [0.15, 0.2) is 5.11 Å². The minimum absolute atomic E-state index is 0.578. The molecule has 0 bridgehead atoms. The standard InChI is InChI=1S/C12H16N2S/c15-12(14-11-8-4-5-9-11)13-10-6-2-1-3-7-10/h1-3,6-7,11H,4-5,8-9H2,(H2,13,14,15). The molecule has 1 aliphatic rings. The monoisotopic (exact) mass is 220 g/mol. The van der Waals surface area contributed by atoms with Crippen LogP contribution in [-0.2, 0) is 0 Å². The molecule has 0 radical (unpaired) electrons. The summed E-state index contributed by atoms with van der Waals surface area (Å²) < 4.78 is 0. The van der Waals surface area contributed by atoms with Crippen molar-refractivity contribution >= 4 is 23.0 Å². The predicted molar refractivity (Wildman–Crippen MR) is 68.1 cm³/mol. The van der Waals surface area contributed by atoms with E-state index >= 15 is 0 Å². The summed E-state index contributed by atoms with van der Waals surface area (Å²) in [6.45, 7) is 0. The van der Waals surface area contributed by atoms with Gasteiger partial charge in [0, 0.05) is 11.7 Å². The molecule has 0 heterocycles. The maximum absolute atomic E-state index is 5.25. The Labute approximate surface area is 96.1 Å². The SMILES string of the molecule is S=C(Nc1ccccc1)NC1CCCC1. The first kappa shape index (κ1) is 10.4. The average Bonchev–Trinajstić information content (AvgIpc) is 2.71. The molecule has 1 fully saturated rings. The highest BCUT2D eigenvalue weighted by Crippen LogP contribution is 2.17. The van der Waals surface area contributed by atoms with Crippen molar-refractivity contribution in [3.8, 4) is 0 Å². The highest BCUT2D eigenvalue weighted by Gasteiger charge is 2.15. The Kier molecular flexibility index (Phi) is 3.56. The summed E-state index contributed by atoms with van der Waals surface area (Å²) >= 11 is 5.25. The summed E-state index contributed by atoms with van der Waals surface area (Å²) in [6, 6.07) is 10.6. The van der Waals surface area contributed by atoms with Crippen LogP contribution in [-0.4, -0.2) is 11.2 Å². The molecule has 80 valence electrons. The van der Waals surface area contributed by atoms with E-state index in [2.05, 4.69) is 10.6 Å². The highest BCUT2D eigenvalue weighted by atomic mass is 32.1. The topological polar surface area (TPSA) is 24.1 Å². The van der Waals surface area contributed by atoms with Crippen molar-refractivity contribution in [2.75, 3.05) is 5.32 Å². The maximum Gasteiger partial charge on any atom is 0.170 e. The van der Waals surface area contributed by atoms with Gasteiger partial charge < -0.3 is 10.6 Å². The second-order valence-electron chi connectivity index (χ2n) is 3.95. The average molecular weight is 220 g/mol. The Bertz CT molecular complexity index is 318. The van der Waals surface area contributed by atoms with Crippen molar-refractivity contribution in [2.24, 2.45) is 0 Å². The van der Waals surface area contributed by atoms with Crippen molar-refractivity contribution in [1.82, 2.24) is 5.32 Å². The smallest absolute Gasteiger partial charge is 0.170 e. The van der Waals surface area contributed by atoms with Gasteiger partial charge in [0.2, 0.25) is 0 Å². The number of nitrogens with one attached hydrogen (secondary N) is 2. The lowest BCUT2D eigenvalue weighted by Crippen LogP contribution is -2.35. The number of anilines is 1. The molecule has 0 unspecified atom stereocenters. The zero-order chi connectivity index (χ0) is 10.5. The number of hydrogen-bond donors (Lipinski definition) is 2. The number of rotatable bonds is 2. The summed E-state index contributed by atoms with van der Waals surface area (Å²) in [5, 5.41) is 7.28. The lowest BCUT2D eigenvalue weighted by Gasteiger charge is -2.15. The van der Waals surface area contributed by atoms with E-state index in [1.165, 1.54) is 25.7 Å². The van der Waals surface area contributed by atoms with Crippen LogP contribution in [0.5, 0.6) is 0 Å². The molecular weight excluding hydrogens is 204 g/mol. The first-order valence-corrected chi connectivity index (χ1v) is 5.88. The lowest BCUT2D eigenvalue weighted by atomic mass is 10.2. The molecule has 0 spiro atoms. The molecule has 3 heteroatoms. The minimum Gasteiger partial charge on any atom is -0.360 e. The van der Waals surface area contributed by atoms with Crippen molar-refractivity contribution in [1.29, 1.82) is 0 Å². The molecule has 0 amide bonds. The highest BCUT2D eigenvalue weighted by molar-refractivity contribution is 7.80. The molecule has 1 aliphatic carbocycles. The van der Waals surface area contributed by atoms with E-state index in [9.17, 15) is 0 Å². The van der Waals surface area contributed by atoms with E-state index in [1.807, 2.05) is 30.3 Å². The minimum atomic E-state index is 0.578. The fourth-order valence-electron chi connectivity index (χ4n) is 1.94.